The number of halogens is 1. The van der Waals surface area contributed by atoms with Gasteiger partial charge in [0.2, 0.25) is 5.88 Å². The van der Waals surface area contributed by atoms with E-state index in [9.17, 15) is 4.39 Å². The molecule has 6 nitrogen and oxygen atoms in total. The molecule has 1 unspecified atom stereocenters. The van der Waals surface area contributed by atoms with Crippen LogP contribution in [0.15, 0.2) is 24.5 Å². The highest BCUT2D eigenvalue weighted by atomic mass is 19.1. The molecule has 3 rings (SSSR count). The van der Waals surface area contributed by atoms with Crippen LogP contribution in [-0.2, 0) is 4.74 Å². The third-order valence-corrected chi connectivity index (χ3v) is 4.05. The van der Waals surface area contributed by atoms with Crippen LogP contribution < -0.4 is 15.4 Å². The molecular weight excluding hydrogens is 323 g/mol. The molecule has 0 aliphatic carbocycles. The second-order valence-electron chi connectivity index (χ2n) is 6.14. The molecule has 0 spiro atoms. The fraction of sp³-hybridized carbons (Fsp3) is 0.444. The van der Waals surface area contributed by atoms with Crippen molar-refractivity contribution in [3.05, 3.63) is 30.2 Å². The SMILES string of the molecule is Cc1ncc(N)cc1-c1cnc(OCC(C)F)c(N2CCOCC2)c1. The second kappa shape index (κ2) is 7.65. The Morgan fingerprint density at radius 2 is 2.04 bits per heavy atom. The number of nitrogen functional groups attached to an aromatic ring is 1. The molecule has 134 valence electrons. The lowest BCUT2D eigenvalue weighted by Crippen LogP contribution is -2.36. The highest BCUT2D eigenvalue weighted by Gasteiger charge is 2.19. The lowest BCUT2D eigenvalue weighted by atomic mass is 10.1. The zero-order valence-electron chi connectivity index (χ0n) is 14.5. The van der Waals surface area contributed by atoms with Gasteiger partial charge >= 0.3 is 0 Å². The van der Waals surface area contributed by atoms with E-state index < -0.39 is 6.17 Å². The standard InChI is InChI=1S/C18H23FN4O2/c1-12(19)11-25-18-17(23-3-5-24-6-4-23)7-14(9-22-18)16-8-15(20)10-21-13(16)2/h7-10,12H,3-6,11,20H2,1-2H3. The Hall–Kier alpha value is -2.41. The second-order valence-corrected chi connectivity index (χ2v) is 6.14. The van der Waals surface area contributed by atoms with Gasteiger partial charge in [-0.2, -0.15) is 0 Å². The van der Waals surface area contributed by atoms with Crippen LogP contribution in [0, 0.1) is 6.92 Å². The van der Waals surface area contributed by atoms with Crippen molar-refractivity contribution in [1.82, 2.24) is 9.97 Å². The van der Waals surface area contributed by atoms with Crippen LogP contribution in [0.3, 0.4) is 0 Å². The van der Waals surface area contributed by atoms with Gasteiger partial charge in [0.25, 0.3) is 0 Å². The van der Waals surface area contributed by atoms with Crippen LogP contribution in [0.5, 0.6) is 5.88 Å². The van der Waals surface area contributed by atoms with Gasteiger partial charge in [-0.15, -0.1) is 0 Å². The lowest BCUT2D eigenvalue weighted by molar-refractivity contribution is 0.122. The number of aryl methyl sites for hydroxylation is 1. The van der Waals surface area contributed by atoms with Crippen LogP contribution in [0.1, 0.15) is 12.6 Å². The number of hydrogen-bond donors (Lipinski definition) is 1. The Balaban J connectivity index is 1.99. The average Bonchev–Trinajstić information content (AvgIpc) is 2.62. The maximum atomic E-state index is 13.2. The van der Waals surface area contributed by atoms with Crippen molar-refractivity contribution in [2.45, 2.75) is 20.0 Å². The van der Waals surface area contributed by atoms with E-state index in [0.29, 0.717) is 24.8 Å². The zero-order chi connectivity index (χ0) is 17.8. The van der Waals surface area contributed by atoms with Gasteiger partial charge < -0.3 is 20.1 Å². The predicted molar refractivity (Wildman–Crippen MR) is 95.7 cm³/mol. The van der Waals surface area contributed by atoms with E-state index in [1.807, 2.05) is 19.1 Å². The molecule has 2 aromatic heterocycles. The van der Waals surface area contributed by atoms with Gasteiger partial charge in [-0.1, -0.05) is 0 Å². The fourth-order valence-corrected chi connectivity index (χ4v) is 2.77. The van der Waals surface area contributed by atoms with Crippen molar-refractivity contribution in [3.8, 4) is 17.0 Å². The summed E-state index contributed by atoms with van der Waals surface area (Å²) in [6.07, 6.45) is 2.29. The zero-order valence-corrected chi connectivity index (χ0v) is 14.5. The quantitative estimate of drug-likeness (QED) is 0.897. The molecule has 1 atom stereocenters. The molecule has 1 aliphatic heterocycles. The van der Waals surface area contributed by atoms with E-state index in [2.05, 4.69) is 14.9 Å². The molecule has 3 heterocycles. The summed E-state index contributed by atoms with van der Waals surface area (Å²) >= 11 is 0. The summed E-state index contributed by atoms with van der Waals surface area (Å²) in [5, 5.41) is 0. The number of aromatic nitrogens is 2. The number of nitrogens with two attached hydrogens (primary N) is 1. The molecule has 1 aliphatic rings. The Kier molecular flexibility index (Phi) is 5.33. The van der Waals surface area contributed by atoms with Crippen LogP contribution in [0.4, 0.5) is 15.8 Å². The van der Waals surface area contributed by atoms with Crippen molar-refractivity contribution >= 4 is 11.4 Å². The van der Waals surface area contributed by atoms with Crippen LogP contribution in [-0.4, -0.2) is 49.0 Å². The first-order valence-electron chi connectivity index (χ1n) is 8.36. The number of hydrogen-bond acceptors (Lipinski definition) is 6. The van der Waals surface area contributed by atoms with Crippen molar-refractivity contribution in [2.24, 2.45) is 0 Å². The Morgan fingerprint density at radius 1 is 1.28 bits per heavy atom. The Morgan fingerprint density at radius 3 is 2.76 bits per heavy atom. The molecule has 0 saturated carbocycles. The van der Waals surface area contributed by atoms with Gasteiger partial charge in [-0.25, -0.2) is 9.37 Å². The number of nitrogens with zero attached hydrogens (tertiary/aromatic N) is 3. The molecule has 1 fully saturated rings. The lowest BCUT2D eigenvalue weighted by Gasteiger charge is -2.30. The maximum Gasteiger partial charge on any atom is 0.237 e. The number of ether oxygens (including phenoxy) is 2. The fourth-order valence-electron chi connectivity index (χ4n) is 2.77. The number of pyridine rings is 2. The summed E-state index contributed by atoms with van der Waals surface area (Å²) in [5.74, 6) is 0.435. The Labute approximate surface area is 146 Å². The minimum Gasteiger partial charge on any atom is -0.473 e. The largest absolute Gasteiger partial charge is 0.473 e. The minimum absolute atomic E-state index is 0.0252. The Bertz CT molecular complexity index is 733. The van der Waals surface area contributed by atoms with Gasteiger partial charge in [0, 0.05) is 36.1 Å². The van der Waals surface area contributed by atoms with Crippen LogP contribution in [0.2, 0.25) is 0 Å². The van der Waals surface area contributed by atoms with E-state index in [1.54, 1.807) is 12.4 Å². The monoisotopic (exact) mass is 346 g/mol. The summed E-state index contributed by atoms with van der Waals surface area (Å²) < 4.78 is 24.2. The molecular formula is C18H23FN4O2. The van der Waals surface area contributed by atoms with E-state index in [1.165, 1.54) is 6.92 Å². The molecule has 2 aromatic rings. The first kappa shape index (κ1) is 17.4. The van der Waals surface area contributed by atoms with E-state index in [0.717, 1.165) is 35.6 Å². The van der Waals surface area contributed by atoms with E-state index in [4.69, 9.17) is 15.2 Å². The van der Waals surface area contributed by atoms with Gasteiger partial charge in [0.1, 0.15) is 18.5 Å². The van der Waals surface area contributed by atoms with Crippen molar-refractivity contribution < 1.29 is 13.9 Å². The first-order chi connectivity index (χ1) is 12.0. The molecule has 25 heavy (non-hydrogen) atoms. The number of rotatable bonds is 5. The predicted octanol–water partition coefficient (Wildman–Crippen LogP) is 2.61. The molecule has 1 saturated heterocycles. The number of morpholine rings is 1. The highest BCUT2D eigenvalue weighted by Crippen LogP contribution is 2.33. The molecule has 0 aromatic carbocycles. The minimum atomic E-state index is -1.06. The topological polar surface area (TPSA) is 73.5 Å². The van der Waals surface area contributed by atoms with Crippen LogP contribution in [0.25, 0.3) is 11.1 Å². The summed E-state index contributed by atoms with van der Waals surface area (Å²) in [6, 6.07) is 3.88. The molecule has 2 N–H and O–H groups in total. The van der Waals surface area contributed by atoms with E-state index in [-0.39, 0.29) is 6.61 Å². The third-order valence-electron chi connectivity index (χ3n) is 4.05. The summed E-state index contributed by atoms with van der Waals surface area (Å²) in [5.41, 5.74) is 10.0. The maximum absolute atomic E-state index is 13.2. The van der Waals surface area contributed by atoms with Gasteiger partial charge in [0.05, 0.1) is 25.1 Å². The van der Waals surface area contributed by atoms with Crippen molar-refractivity contribution in [1.29, 1.82) is 0 Å². The summed E-state index contributed by atoms with van der Waals surface area (Å²) in [6.45, 7) is 6.12. The van der Waals surface area contributed by atoms with Crippen molar-refractivity contribution in [2.75, 3.05) is 43.5 Å². The number of anilines is 2. The molecule has 0 amide bonds. The molecule has 7 heteroatoms. The summed E-state index contributed by atoms with van der Waals surface area (Å²) in [7, 11) is 0. The smallest absolute Gasteiger partial charge is 0.237 e. The number of alkyl halides is 1. The normalized spacial score (nSPS) is 15.9. The highest BCUT2D eigenvalue weighted by molar-refractivity contribution is 5.73. The van der Waals surface area contributed by atoms with Gasteiger partial charge in [0.15, 0.2) is 0 Å². The first-order valence-corrected chi connectivity index (χ1v) is 8.36. The molecule has 0 bridgehead atoms. The van der Waals surface area contributed by atoms with Gasteiger partial charge in [-0.05, 0) is 26.0 Å². The summed E-state index contributed by atoms with van der Waals surface area (Å²) in [4.78, 5) is 10.9. The van der Waals surface area contributed by atoms with E-state index >= 15 is 0 Å². The average molecular weight is 346 g/mol. The van der Waals surface area contributed by atoms with Gasteiger partial charge in [-0.3, -0.25) is 4.98 Å². The van der Waals surface area contributed by atoms with Crippen molar-refractivity contribution in [3.63, 3.8) is 0 Å². The molecule has 0 radical (unpaired) electrons. The third kappa shape index (κ3) is 4.17. The van der Waals surface area contributed by atoms with Crippen LogP contribution >= 0.6 is 0 Å².